The summed E-state index contributed by atoms with van der Waals surface area (Å²) < 4.78 is 1.88. The maximum atomic E-state index is 13.1. The fourth-order valence-electron chi connectivity index (χ4n) is 5.04. The number of carbonyl (C=O) groups is 1. The molecule has 0 aliphatic rings. The summed E-state index contributed by atoms with van der Waals surface area (Å²) in [7, 11) is 0. The van der Waals surface area contributed by atoms with Crippen molar-refractivity contribution < 1.29 is 4.79 Å². The summed E-state index contributed by atoms with van der Waals surface area (Å²) in [6.07, 6.45) is 20.4. The molecule has 3 nitrogen and oxygen atoms in total. The van der Waals surface area contributed by atoms with Gasteiger partial charge in [0.15, 0.2) is 5.78 Å². The lowest BCUT2D eigenvalue weighted by atomic mass is 10.0. The Kier molecular flexibility index (Phi) is 16.3. The first kappa shape index (κ1) is 32.8. The molecule has 210 valence electrons. The van der Waals surface area contributed by atoms with Crippen molar-refractivity contribution in [1.82, 2.24) is 9.78 Å². The van der Waals surface area contributed by atoms with E-state index in [1.165, 1.54) is 83.5 Å². The first-order chi connectivity index (χ1) is 18.1. The van der Waals surface area contributed by atoms with E-state index in [1.807, 2.05) is 41.1 Å². The third-order valence-electron chi connectivity index (χ3n) is 7.26. The van der Waals surface area contributed by atoms with E-state index in [4.69, 9.17) is 28.3 Å². The molecule has 3 aromatic rings. The number of hydrogen-bond acceptors (Lipinski definition) is 2. The van der Waals surface area contributed by atoms with Gasteiger partial charge in [0.1, 0.15) is 5.69 Å². The topological polar surface area (TPSA) is 34.9 Å². The van der Waals surface area contributed by atoms with Crippen molar-refractivity contribution in [3.8, 4) is 0 Å². The van der Waals surface area contributed by atoms with E-state index in [2.05, 4.69) is 6.92 Å². The van der Waals surface area contributed by atoms with Crippen molar-refractivity contribution in [2.75, 3.05) is 0 Å². The molecule has 6 heteroatoms. The van der Waals surface area contributed by atoms with Gasteiger partial charge in [-0.05, 0) is 30.2 Å². The molecule has 0 N–H and O–H groups in total. The fraction of sp³-hybridized carbons (Fsp3) is 0.562. The molecule has 3 rings (SSSR count). The van der Waals surface area contributed by atoms with Crippen molar-refractivity contribution in [3.05, 3.63) is 63.8 Å². The Labute approximate surface area is 250 Å². The lowest BCUT2D eigenvalue weighted by molar-refractivity contribution is 0.0975. The van der Waals surface area contributed by atoms with Gasteiger partial charge in [-0.15, -0.1) is 17.0 Å². The molecule has 2 aromatic carbocycles. The molecule has 0 unspecified atom stereocenters. The minimum absolute atomic E-state index is 0. The zero-order valence-corrected chi connectivity index (χ0v) is 26.3. The molecular formula is C32H45BrCl2N2O. The zero-order valence-electron chi connectivity index (χ0n) is 23.0. The van der Waals surface area contributed by atoms with Crippen molar-refractivity contribution in [2.45, 2.75) is 116 Å². The number of ketones is 1. The normalized spacial score (nSPS) is 11.1. The highest BCUT2D eigenvalue weighted by Crippen LogP contribution is 2.25. The predicted octanol–water partition coefficient (Wildman–Crippen LogP) is 11.4. The van der Waals surface area contributed by atoms with Gasteiger partial charge in [-0.2, -0.15) is 5.10 Å². The van der Waals surface area contributed by atoms with Crippen LogP contribution >= 0.6 is 40.2 Å². The van der Waals surface area contributed by atoms with Gasteiger partial charge in [-0.3, -0.25) is 9.48 Å². The minimum Gasteiger partial charge on any atom is -0.292 e. The average Bonchev–Trinajstić information content (AvgIpc) is 3.26. The number of hydrogen-bond donors (Lipinski definition) is 0. The number of carbonyl (C=O) groups excluding carboxylic acids is 1. The van der Waals surface area contributed by atoms with Crippen molar-refractivity contribution in [1.29, 1.82) is 0 Å². The zero-order chi connectivity index (χ0) is 26.3. The first-order valence-electron chi connectivity index (χ1n) is 14.5. The van der Waals surface area contributed by atoms with Crippen molar-refractivity contribution in [2.24, 2.45) is 0 Å². The Morgan fingerprint density at radius 1 is 0.763 bits per heavy atom. The van der Waals surface area contributed by atoms with Crippen LogP contribution in [0.2, 0.25) is 10.0 Å². The Bertz CT molecular complexity index is 1100. The van der Waals surface area contributed by atoms with E-state index in [1.54, 1.807) is 6.07 Å². The van der Waals surface area contributed by atoms with E-state index in [9.17, 15) is 4.79 Å². The predicted molar refractivity (Wildman–Crippen MR) is 169 cm³/mol. The number of halogens is 3. The molecule has 1 aromatic heterocycles. The summed E-state index contributed by atoms with van der Waals surface area (Å²) in [4.78, 5) is 13.1. The maximum Gasteiger partial charge on any atom is 0.183 e. The van der Waals surface area contributed by atoms with E-state index in [0.29, 0.717) is 28.7 Å². The monoisotopic (exact) mass is 622 g/mol. The minimum atomic E-state index is 0. The van der Waals surface area contributed by atoms with Gasteiger partial charge in [-0.1, -0.05) is 144 Å². The number of nitrogens with zero attached hydrogens (tertiary/aromatic N) is 2. The number of fused-ring (bicyclic) bond motifs is 1. The summed E-state index contributed by atoms with van der Waals surface area (Å²) in [5.74, 6) is 0.131. The van der Waals surface area contributed by atoms with Crippen LogP contribution in [0.15, 0.2) is 42.5 Å². The number of para-hydroxylation sites is 1. The van der Waals surface area contributed by atoms with Gasteiger partial charge < -0.3 is 0 Å². The summed E-state index contributed by atoms with van der Waals surface area (Å²) in [6.45, 7) is 2.78. The fourth-order valence-corrected chi connectivity index (χ4v) is 5.51. The summed E-state index contributed by atoms with van der Waals surface area (Å²) in [5, 5.41) is 6.85. The number of Topliss-reactive ketones (excluding diaryl/α,β-unsaturated/α-hetero) is 1. The van der Waals surface area contributed by atoms with Crippen LogP contribution in [0.1, 0.15) is 126 Å². The van der Waals surface area contributed by atoms with E-state index >= 15 is 0 Å². The van der Waals surface area contributed by atoms with Gasteiger partial charge in [0.25, 0.3) is 0 Å². The molecule has 0 radical (unpaired) electrons. The molecule has 38 heavy (non-hydrogen) atoms. The Morgan fingerprint density at radius 3 is 1.89 bits per heavy atom. The highest BCUT2D eigenvalue weighted by molar-refractivity contribution is 8.93. The van der Waals surface area contributed by atoms with Crippen molar-refractivity contribution >= 4 is 56.9 Å². The van der Waals surface area contributed by atoms with Crippen LogP contribution in [-0.4, -0.2) is 15.6 Å². The second-order valence-electron chi connectivity index (χ2n) is 10.4. The quantitative estimate of drug-likeness (QED) is 0.0983. The number of benzene rings is 2. The first-order valence-corrected chi connectivity index (χ1v) is 15.3. The molecule has 0 saturated carbocycles. The highest BCUT2D eigenvalue weighted by atomic mass is 79.9. The van der Waals surface area contributed by atoms with Gasteiger partial charge in [-0.25, -0.2) is 0 Å². The van der Waals surface area contributed by atoms with Crippen LogP contribution in [0, 0.1) is 0 Å². The Balaban J connectivity index is 0.00000507. The van der Waals surface area contributed by atoms with Crippen LogP contribution in [-0.2, 0) is 6.54 Å². The summed E-state index contributed by atoms with van der Waals surface area (Å²) in [5.41, 5.74) is 2.46. The van der Waals surface area contributed by atoms with Crippen LogP contribution < -0.4 is 0 Å². The Morgan fingerprint density at radius 2 is 1.32 bits per heavy atom. The average molecular weight is 625 g/mol. The molecule has 0 atom stereocenters. The van der Waals surface area contributed by atoms with Gasteiger partial charge in [0.05, 0.1) is 12.1 Å². The largest absolute Gasteiger partial charge is 0.292 e. The number of aromatic nitrogens is 2. The lowest BCUT2D eigenvalue weighted by Gasteiger charge is -2.06. The maximum absolute atomic E-state index is 13.1. The number of unbranched alkanes of at least 4 members (excludes halogenated alkanes) is 14. The second-order valence-corrected chi connectivity index (χ2v) is 11.2. The smallest absolute Gasteiger partial charge is 0.183 e. The van der Waals surface area contributed by atoms with Gasteiger partial charge in [0, 0.05) is 21.9 Å². The number of rotatable bonds is 19. The standard InChI is InChI=1S/C32H44Cl2N2O.BrH/c1-2-3-4-5-6-7-8-9-10-11-12-13-14-15-16-21-31(37)32-28-19-17-18-20-30(28)36(35-32)25-26-22-23-27(33)24-29(26)34;/h17-20,22-24H,2-16,21,25H2,1H3;1H. The molecule has 0 bridgehead atoms. The summed E-state index contributed by atoms with van der Waals surface area (Å²) >= 11 is 12.4. The molecule has 0 spiro atoms. The van der Waals surface area contributed by atoms with Crippen LogP contribution in [0.5, 0.6) is 0 Å². The summed E-state index contributed by atoms with van der Waals surface area (Å²) in [6, 6.07) is 13.4. The third kappa shape index (κ3) is 11.0. The highest BCUT2D eigenvalue weighted by Gasteiger charge is 2.17. The molecule has 0 amide bonds. The van der Waals surface area contributed by atoms with Gasteiger partial charge in [0.2, 0.25) is 0 Å². The second kappa shape index (κ2) is 18.8. The van der Waals surface area contributed by atoms with Crippen LogP contribution in [0.4, 0.5) is 0 Å². The molecule has 0 aliphatic heterocycles. The third-order valence-corrected chi connectivity index (χ3v) is 7.85. The van der Waals surface area contributed by atoms with Crippen LogP contribution in [0.3, 0.4) is 0 Å². The van der Waals surface area contributed by atoms with Gasteiger partial charge >= 0.3 is 0 Å². The molecular weight excluding hydrogens is 579 g/mol. The molecule has 0 fully saturated rings. The molecule has 0 aliphatic carbocycles. The molecule has 1 heterocycles. The SMILES string of the molecule is Br.CCCCCCCCCCCCCCCCCC(=O)c1nn(Cc2ccc(Cl)cc2Cl)c2ccccc12. The van der Waals surface area contributed by atoms with E-state index in [-0.39, 0.29) is 22.8 Å². The molecule has 0 saturated heterocycles. The van der Waals surface area contributed by atoms with E-state index < -0.39 is 0 Å². The van der Waals surface area contributed by atoms with Crippen LogP contribution in [0.25, 0.3) is 10.9 Å². The Hall–Kier alpha value is -1.36. The van der Waals surface area contributed by atoms with Crippen molar-refractivity contribution in [3.63, 3.8) is 0 Å². The van der Waals surface area contributed by atoms with E-state index in [0.717, 1.165) is 29.3 Å². The lowest BCUT2D eigenvalue weighted by Crippen LogP contribution is -2.05.